The van der Waals surface area contributed by atoms with Gasteiger partial charge in [0.25, 0.3) is 0 Å². The van der Waals surface area contributed by atoms with E-state index in [2.05, 4.69) is 11.1 Å². The Morgan fingerprint density at radius 2 is 2.20 bits per heavy atom. The highest BCUT2D eigenvalue weighted by atomic mass is 32.1. The molecular formula is C15H17N3OS. The van der Waals surface area contributed by atoms with Crippen molar-refractivity contribution in [2.45, 2.75) is 38.3 Å². The molecule has 3 rings (SSSR count). The Bertz CT molecular complexity index is 704. The number of imidazole rings is 1. The fourth-order valence-corrected chi connectivity index (χ4v) is 3.11. The van der Waals surface area contributed by atoms with Gasteiger partial charge < -0.3 is 14.3 Å². The molecule has 1 N–H and O–H groups in total. The minimum absolute atomic E-state index is 0.420. The molecule has 2 aromatic rings. The van der Waals surface area contributed by atoms with Crippen LogP contribution in [0.3, 0.4) is 0 Å². The summed E-state index contributed by atoms with van der Waals surface area (Å²) in [5.41, 5.74) is 2.59. The summed E-state index contributed by atoms with van der Waals surface area (Å²) in [6.45, 7) is 1.40. The van der Waals surface area contributed by atoms with Crippen LogP contribution in [0.5, 0.6) is 0 Å². The van der Waals surface area contributed by atoms with Crippen LogP contribution in [0.4, 0.5) is 0 Å². The summed E-state index contributed by atoms with van der Waals surface area (Å²) in [5.74, 6) is 0. The molecule has 1 aromatic carbocycles. The summed E-state index contributed by atoms with van der Waals surface area (Å²) in [6, 6.07) is 7.74. The van der Waals surface area contributed by atoms with Crippen molar-refractivity contribution in [2.24, 2.45) is 0 Å². The third-order valence-electron chi connectivity index (χ3n) is 3.88. The topological polar surface area (TPSA) is 53.7 Å². The summed E-state index contributed by atoms with van der Waals surface area (Å²) >= 11 is 5.35. The molecule has 1 aromatic heterocycles. The quantitative estimate of drug-likeness (QED) is 0.875. The summed E-state index contributed by atoms with van der Waals surface area (Å²) < 4.78 is 8.59. The van der Waals surface area contributed by atoms with Crippen LogP contribution in [0.1, 0.15) is 31.2 Å². The van der Waals surface area contributed by atoms with Crippen LogP contribution in [-0.4, -0.2) is 22.3 Å². The minimum Gasteiger partial charge on any atom is -0.376 e. The second kappa shape index (κ2) is 5.78. The molecule has 1 saturated carbocycles. The molecule has 0 aliphatic heterocycles. The standard InChI is InChI=1S/C15H17N3OS/c16-10-11-5-6-13-14(9-11)18(15(20)17-13)7-8-19-12-3-1-2-4-12/h5-6,9,12H,1-4,7-8H2,(H,17,20). The molecule has 5 heteroatoms. The van der Waals surface area contributed by atoms with Gasteiger partial charge in [0, 0.05) is 6.54 Å². The first-order valence-electron chi connectivity index (χ1n) is 7.02. The van der Waals surface area contributed by atoms with Crippen molar-refractivity contribution >= 4 is 23.3 Å². The number of nitrogens with zero attached hydrogens (tertiary/aromatic N) is 2. The fourth-order valence-electron chi connectivity index (χ4n) is 2.81. The highest BCUT2D eigenvalue weighted by Crippen LogP contribution is 2.21. The number of ether oxygens (including phenoxy) is 1. The van der Waals surface area contributed by atoms with E-state index in [1.54, 1.807) is 6.07 Å². The molecule has 0 atom stereocenters. The minimum atomic E-state index is 0.420. The molecule has 1 aliphatic rings. The molecule has 0 amide bonds. The highest BCUT2D eigenvalue weighted by Gasteiger charge is 2.15. The van der Waals surface area contributed by atoms with Gasteiger partial charge in [0.2, 0.25) is 0 Å². The van der Waals surface area contributed by atoms with Gasteiger partial charge in [-0.05, 0) is 43.3 Å². The van der Waals surface area contributed by atoms with Gasteiger partial charge in [0.1, 0.15) is 0 Å². The maximum Gasteiger partial charge on any atom is 0.178 e. The van der Waals surface area contributed by atoms with Crippen molar-refractivity contribution in [3.8, 4) is 6.07 Å². The van der Waals surface area contributed by atoms with Gasteiger partial charge in [-0.3, -0.25) is 0 Å². The molecule has 104 valence electrons. The molecular weight excluding hydrogens is 270 g/mol. The molecule has 0 unspecified atom stereocenters. The predicted molar refractivity (Wildman–Crippen MR) is 80.0 cm³/mol. The van der Waals surface area contributed by atoms with Crippen molar-refractivity contribution < 1.29 is 4.74 Å². The molecule has 1 fully saturated rings. The number of hydrogen-bond acceptors (Lipinski definition) is 3. The molecule has 1 aliphatic carbocycles. The Morgan fingerprint density at radius 3 is 2.95 bits per heavy atom. The lowest BCUT2D eigenvalue weighted by molar-refractivity contribution is 0.0533. The van der Waals surface area contributed by atoms with Crippen LogP contribution in [0, 0.1) is 16.1 Å². The van der Waals surface area contributed by atoms with E-state index in [1.807, 2.05) is 16.7 Å². The number of nitriles is 1. The van der Waals surface area contributed by atoms with E-state index in [0.29, 0.717) is 23.0 Å². The van der Waals surface area contributed by atoms with Crippen LogP contribution >= 0.6 is 12.2 Å². The molecule has 0 saturated heterocycles. The first-order valence-corrected chi connectivity index (χ1v) is 7.43. The van der Waals surface area contributed by atoms with Gasteiger partial charge >= 0.3 is 0 Å². The Hall–Kier alpha value is -1.64. The number of benzene rings is 1. The zero-order valence-corrected chi connectivity index (χ0v) is 12.1. The van der Waals surface area contributed by atoms with Crippen molar-refractivity contribution in [1.82, 2.24) is 9.55 Å². The second-order valence-electron chi connectivity index (χ2n) is 5.20. The number of aromatic amines is 1. The van der Waals surface area contributed by atoms with E-state index in [4.69, 9.17) is 22.2 Å². The van der Waals surface area contributed by atoms with Crippen LogP contribution < -0.4 is 0 Å². The SMILES string of the molecule is N#Cc1ccc2[nH]c(=S)n(CCOC3CCCC3)c2c1. The number of H-pyrrole nitrogens is 1. The van der Waals surface area contributed by atoms with Gasteiger partial charge in [-0.15, -0.1) is 0 Å². The van der Waals surface area contributed by atoms with Crippen molar-refractivity contribution in [3.05, 3.63) is 28.5 Å². The summed E-state index contributed by atoms with van der Waals surface area (Å²) in [5, 5.41) is 8.99. The zero-order chi connectivity index (χ0) is 13.9. The van der Waals surface area contributed by atoms with Crippen molar-refractivity contribution in [1.29, 1.82) is 5.26 Å². The maximum absolute atomic E-state index is 8.99. The zero-order valence-electron chi connectivity index (χ0n) is 11.3. The Morgan fingerprint density at radius 1 is 1.40 bits per heavy atom. The first-order chi connectivity index (χ1) is 9.78. The van der Waals surface area contributed by atoms with E-state index in [1.165, 1.54) is 25.7 Å². The summed E-state index contributed by atoms with van der Waals surface area (Å²) in [6.07, 6.45) is 5.34. The van der Waals surface area contributed by atoms with E-state index in [9.17, 15) is 0 Å². The molecule has 0 bridgehead atoms. The number of aromatic nitrogens is 2. The second-order valence-corrected chi connectivity index (χ2v) is 5.59. The van der Waals surface area contributed by atoms with Crippen LogP contribution in [-0.2, 0) is 11.3 Å². The van der Waals surface area contributed by atoms with Gasteiger partial charge in [0.05, 0.1) is 35.4 Å². The van der Waals surface area contributed by atoms with Crippen molar-refractivity contribution in [3.63, 3.8) is 0 Å². The van der Waals surface area contributed by atoms with Gasteiger partial charge in [-0.1, -0.05) is 12.8 Å². The summed E-state index contributed by atoms with van der Waals surface area (Å²) in [4.78, 5) is 3.17. The normalized spacial score (nSPS) is 15.8. The average molecular weight is 287 g/mol. The van der Waals surface area contributed by atoms with E-state index in [0.717, 1.165) is 17.6 Å². The smallest absolute Gasteiger partial charge is 0.178 e. The number of rotatable bonds is 4. The highest BCUT2D eigenvalue weighted by molar-refractivity contribution is 7.71. The predicted octanol–water partition coefficient (Wildman–Crippen LogP) is 3.53. The fraction of sp³-hybridized carbons (Fsp3) is 0.467. The Kier molecular flexibility index (Phi) is 3.86. The lowest BCUT2D eigenvalue weighted by atomic mass is 10.2. The van der Waals surface area contributed by atoms with E-state index in [-0.39, 0.29) is 0 Å². The van der Waals surface area contributed by atoms with Gasteiger partial charge in [-0.25, -0.2) is 0 Å². The molecule has 4 nitrogen and oxygen atoms in total. The number of nitrogens with one attached hydrogen (secondary N) is 1. The Balaban J connectivity index is 1.77. The molecule has 0 radical (unpaired) electrons. The average Bonchev–Trinajstić information content (AvgIpc) is 3.07. The van der Waals surface area contributed by atoms with Crippen LogP contribution in [0.25, 0.3) is 11.0 Å². The molecule has 0 spiro atoms. The van der Waals surface area contributed by atoms with Crippen molar-refractivity contribution in [2.75, 3.05) is 6.61 Å². The van der Waals surface area contributed by atoms with Gasteiger partial charge in [-0.2, -0.15) is 5.26 Å². The first kappa shape index (κ1) is 13.3. The van der Waals surface area contributed by atoms with Crippen LogP contribution in [0.15, 0.2) is 18.2 Å². The maximum atomic E-state index is 8.99. The van der Waals surface area contributed by atoms with E-state index >= 15 is 0 Å². The lowest BCUT2D eigenvalue weighted by Crippen LogP contribution is -2.13. The van der Waals surface area contributed by atoms with E-state index < -0.39 is 0 Å². The van der Waals surface area contributed by atoms with Crippen LogP contribution in [0.2, 0.25) is 0 Å². The summed E-state index contributed by atoms with van der Waals surface area (Å²) in [7, 11) is 0. The Labute approximate surface area is 123 Å². The third-order valence-corrected chi connectivity index (χ3v) is 4.20. The lowest BCUT2D eigenvalue weighted by Gasteiger charge is -2.11. The molecule has 1 heterocycles. The number of hydrogen-bond donors (Lipinski definition) is 1. The van der Waals surface area contributed by atoms with Gasteiger partial charge in [0.15, 0.2) is 4.77 Å². The largest absolute Gasteiger partial charge is 0.376 e. The number of fused-ring (bicyclic) bond motifs is 1. The monoisotopic (exact) mass is 287 g/mol. The molecule has 20 heavy (non-hydrogen) atoms. The third kappa shape index (κ3) is 2.62.